The fourth-order valence-corrected chi connectivity index (χ4v) is 1.54. The van der Waals surface area contributed by atoms with Crippen molar-refractivity contribution in [1.29, 1.82) is 0 Å². The lowest BCUT2D eigenvalue weighted by Gasteiger charge is -2.11. The standard InChI is InChI=1S/C10H15BrN2O/c1-12-10-7-8(11)3-4-9(10)13-5-2-6-14/h3-4,7,12-14H,2,5-6H2,1H3. The number of hydrogen-bond acceptors (Lipinski definition) is 3. The second-order valence-corrected chi connectivity index (χ2v) is 3.86. The number of halogens is 1. The van der Waals surface area contributed by atoms with Crippen LogP contribution in [0.5, 0.6) is 0 Å². The van der Waals surface area contributed by atoms with E-state index in [9.17, 15) is 0 Å². The maximum Gasteiger partial charge on any atom is 0.0584 e. The van der Waals surface area contributed by atoms with Gasteiger partial charge in [0.05, 0.1) is 11.4 Å². The van der Waals surface area contributed by atoms with E-state index >= 15 is 0 Å². The van der Waals surface area contributed by atoms with Crippen molar-refractivity contribution in [2.24, 2.45) is 0 Å². The van der Waals surface area contributed by atoms with Gasteiger partial charge in [-0.25, -0.2) is 0 Å². The molecule has 0 unspecified atom stereocenters. The van der Waals surface area contributed by atoms with Crippen LogP contribution in [-0.4, -0.2) is 25.3 Å². The molecule has 0 bridgehead atoms. The highest BCUT2D eigenvalue weighted by Gasteiger charge is 1.99. The van der Waals surface area contributed by atoms with Crippen molar-refractivity contribution in [2.75, 3.05) is 30.8 Å². The summed E-state index contributed by atoms with van der Waals surface area (Å²) in [5.74, 6) is 0. The summed E-state index contributed by atoms with van der Waals surface area (Å²) in [7, 11) is 1.89. The van der Waals surface area contributed by atoms with Crippen LogP contribution >= 0.6 is 15.9 Å². The molecule has 0 aliphatic heterocycles. The lowest BCUT2D eigenvalue weighted by Crippen LogP contribution is -2.05. The molecule has 3 nitrogen and oxygen atoms in total. The Hall–Kier alpha value is -0.740. The summed E-state index contributed by atoms with van der Waals surface area (Å²) >= 11 is 3.41. The highest BCUT2D eigenvalue weighted by atomic mass is 79.9. The summed E-state index contributed by atoms with van der Waals surface area (Å²) in [5.41, 5.74) is 2.11. The first-order valence-electron chi connectivity index (χ1n) is 4.60. The van der Waals surface area contributed by atoms with Gasteiger partial charge in [-0.05, 0) is 24.6 Å². The molecule has 0 radical (unpaired) electrons. The van der Waals surface area contributed by atoms with E-state index in [4.69, 9.17) is 5.11 Å². The second-order valence-electron chi connectivity index (χ2n) is 2.94. The first-order chi connectivity index (χ1) is 6.77. The Morgan fingerprint density at radius 3 is 2.79 bits per heavy atom. The van der Waals surface area contributed by atoms with Crippen molar-refractivity contribution < 1.29 is 5.11 Å². The lowest BCUT2D eigenvalue weighted by molar-refractivity contribution is 0.292. The predicted molar refractivity (Wildman–Crippen MR) is 63.9 cm³/mol. The number of rotatable bonds is 5. The van der Waals surface area contributed by atoms with Crippen molar-refractivity contribution in [3.63, 3.8) is 0 Å². The Balaban J connectivity index is 2.65. The van der Waals surface area contributed by atoms with Gasteiger partial charge >= 0.3 is 0 Å². The topological polar surface area (TPSA) is 44.3 Å². The van der Waals surface area contributed by atoms with Crippen molar-refractivity contribution in [3.05, 3.63) is 22.7 Å². The van der Waals surface area contributed by atoms with Crippen LogP contribution in [0.1, 0.15) is 6.42 Å². The summed E-state index contributed by atoms with van der Waals surface area (Å²) < 4.78 is 1.05. The van der Waals surface area contributed by atoms with E-state index in [1.165, 1.54) is 0 Å². The van der Waals surface area contributed by atoms with E-state index in [2.05, 4.69) is 26.6 Å². The second kappa shape index (κ2) is 5.88. The van der Waals surface area contributed by atoms with E-state index in [1.54, 1.807) is 0 Å². The van der Waals surface area contributed by atoms with Gasteiger partial charge in [0.25, 0.3) is 0 Å². The fraction of sp³-hybridized carbons (Fsp3) is 0.400. The minimum Gasteiger partial charge on any atom is -0.396 e. The summed E-state index contributed by atoms with van der Waals surface area (Å²) in [6.07, 6.45) is 0.763. The molecule has 0 atom stereocenters. The zero-order valence-electron chi connectivity index (χ0n) is 8.18. The number of aliphatic hydroxyl groups is 1. The Morgan fingerprint density at radius 1 is 1.36 bits per heavy atom. The van der Waals surface area contributed by atoms with Crippen molar-refractivity contribution in [3.8, 4) is 0 Å². The average molecular weight is 259 g/mol. The summed E-state index contributed by atoms with van der Waals surface area (Å²) in [6.45, 7) is 1.01. The molecule has 1 aromatic carbocycles. The number of nitrogens with one attached hydrogen (secondary N) is 2. The van der Waals surface area contributed by atoms with Gasteiger partial charge in [-0.3, -0.25) is 0 Å². The third-order valence-corrected chi connectivity index (χ3v) is 2.39. The van der Waals surface area contributed by atoms with E-state index in [0.29, 0.717) is 0 Å². The largest absolute Gasteiger partial charge is 0.396 e. The monoisotopic (exact) mass is 258 g/mol. The van der Waals surface area contributed by atoms with Gasteiger partial charge < -0.3 is 15.7 Å². The average Bonchev–Trinajstić information content (AvgIpc) is 2.20. The third kappa shape index (κ3) is 3.20. The Bertz CT molecular complexity index is 291. The SMILES string of the molecule is CNc1cc(Br)ccc1NCCCO. The van der Waals surface area contributed by atoms with Crippen LogP contribution in [0.4, 0.5) is 11.4 Å². The molecule has 0 aliphatic carbocycles. The fourth-order valence-electron chi connectivity index (χ4n) is 1.18. The van der Waals surface area contributed by atoms with Gasteiger partial charge in [0.1, 0.15) is 0 Å². The molecule has 0 aliphatic rings. The smallest absolute Gasteiger partial charge is 0.0584 e. The van der Waals surface area contributed by atoms with Gasteiger partial charge in [-0.1, -0.05) is 15.9 Å². The first kappa shape index (κ1) is 11.3. The molecule has 78 valence electrons. The van der Waals surface area contributed by atoms with Gasteiger partial charge in [0.15, 0.2) is 0 Å². The predicted octanol–water partition coefficient (Wildman–Crippen LogP) is 2.29. The zero-order valence-corrected chi connectivity index (χ0v) is 9.76. The number of anilines is 2. The minimum absolute atomic E-state index is 0.221. The molecule has 0 fully saturated rings. The molecule has 0 amide bonds. The van der Waals surface area contributed by atoms with Crippen LogP contribution in [0.15, 0.2) is 22.7 Å². The summed E-state index contributed by atoms with van der Waals surface area (Å²) in [5, 5.41) is 15.0. The zero-order chi connectivity index (χ0) is 10.4. The van der Waals surface area contributed by atoms with E-state index in [0.717, 1.165) is 28.8 Å². The van der Waals surface area contributed by atoms with Gasteiger partial charge in [-0.2, -0.15) is 0 Å². The first-order valence-corrected chi connectivity index (χ1v) is 5.39. The van der Waals surface area contributed by atoms with Crippen molar-refractivity contribution >= 4 is 27.3 Å². The summed E-state index contributed by atoms with van der Waals surface area (Å²) in [6, 6.07) is 6.01. The van der Waals surface area contributed by atoms with Crippen molar-refractivity contribution in [2.45, 2.75) is 6.42 Å². The molecule has 0 saturated heterocycles. The molecule has 0 saturated carbocycles. The van der Waals surface area contributed by atoms with E-state index in [-0.39, 0.29) is 6.61 Å². The van der Waals surface area contributed by atoms with Gasteiger partial charge in [0, 0.05) is 24.7 Å². The summed E-state index contributed by atoms with van der Waals surface area (Å²) in [4.78, 5) is 0. The van der Waals surface area contributed by atoms with Gasteiger partial charge in [0.2, 0.25) is 0 Å². The quantitative estimate of drug-likeness (QED) is 0.711. The molecule has 14 heavy (non-hydrogen) atoms. The highest BCUT2D eigenvalue weighted by Crippen LogP contribution is 2.25. The molecule has 0 spiro atoms. The maximum absolute atomic E-state index is 8.65. The Kier molecular flexibility index (Phi) is 4.76. The molecule has 3 N–H and O–H groups in total. The van der Waals surface area contributed by atoms with Gasteiger partial charge in [-0.15, -0.1) is 0 Å². The van der Waals surface area contributed by atoms with E-state index in [1.807, 2.05) is 25.2 Å². The van der Waals surface area contributed by atoms with Crippen LogP contribution in [0, 0.1) is 0 Å². The molecule has 0 aromatic heterocycles. The third-order valence-electron chi connectivity index (χ3n) is 1.90. The van der Waals surface area contributed by atoms with Crippen LogP contribution < -0.4 is 10.6 Å². The molecule has 1 rings (SSSR count). The van der Waals surface area contributed by atoms with Crippen LogP contribution in [0.2, 0.25) is 0 Å². The molecule has 4 heteroatoms. The normalized spacial score (nSPS) is 9.93. The van der Waals surface area contributed by atoms with Crippen molar-refractivity contribution in [1.82, 2.24) is 0 Å². The molecular weight excluding hydrogens is 244 g/mol. The lowest BCUT2D eigenvalue weighted by atomic mass is 10.2. The maximum atomic E-state index is 8.65. The minimum atomic E-state index is 0.221. The number of benzene rings is 1. The van der Waals surface area contributed by atoms with Crippen LogP contribution in [0.25, 0.3) is 0 Å². The van der Waals surface area contributed by atoms with E-state index < -0.39 is 0 Å². The highest BCUT2D eigenvalue weighted by molar-refractivity contribution is 9.10. The van der Waals surface area contributed by atoms with Crippen LogP contribution in [0.3, 0.4) is 0 Å². The molecular formula is C10H15BrN2O. The molecule has 0 heterocycles. The number of aliphatic hydroxyl groups excluding tert-OH is 1. The van der Waals surface area contributed by atoms with Crippen LogP contribution in [-0.2, 0) is 0 Å². The Morgan fingerprint density at radius 2 is 2.14 bits per heavy atom. The molecule has 1 aromatic rings. The number of hydrogen-bond donors (Lipinski definition) is 3. The Labute approximate surface area is 92.7 Å².